The Morgan fingerprint density at radius 2 is 1.96 bits per heavy atom. The van der Waals surface area contributed by atoms with Crippen LogP contribution >= 0.6 is 23.4 Å². The van der Waals surface area contributed by atoms with E-state index in [0.717, 1.165) is 5.56 Å². The fourth-order valence-electron chi connectivity index (χ4n) is 2.42. The highest BCUT2D eigenvalue weighted by Gasteiger charge is 2.27. The number of carbonyl (C=O) groups is 2. The van der Waals surface area contributed by atoms with Gasteiger partial charge in [-0.05, 0) is 29.8 Å². The lowest BCUT2D eigenvalue weighted by atomic mass is 10.1. The molecule has 0 radical (unpaired) electrons. The summed E-state index contributed by atoms with van der Waals surface area (Å²) >= 11 is 7.40. The molecule has 0 bridgehead atoms. The van der Waals surface area contributed by atoms with Crippen molar-refractivity contribution in [3.05, 3.63) is 81.3 Å². The van der Waals surface area contributed by atoms with Crippen LogP contribution in [0.1, 0.15) is 21.5 Å². The van der Waals surface area contributed by atoms with Crippen LogP contribution in [0.2, 0.25) is 5.02 Å². The number of ketones is 1. The van der Waals surface area contributed by atoms with Crippen molar-refractivity contribution in [2.75, 3.05) is 5.75 Å². The number of nitrogens with zero attached hydrogens (tertiary/aromatic N) is 2. The fourth-order valence-corrected chi connectivity index (χ4v) is 3.59. The van der Waals surface area contributed by atoms with E-state index in [9.17, 15) is 9.59 Å². The minimum absolute atomic E-state index is 0.0485. The van der Waals surface area contributed by atoms with E-state index in [-0.39, 0.29) is 11.7 Å². The molecule has 0 N–H and O–H groups in total. The first-order chi connectivity index (χ1) is 12.1. The number of hydrogen-bond acceptors (Lipinski definition) is 4. The highest BCUT2D eigenvalue weighted by Crippen LogP contribution is 2.31. The van der Waals surface area contributed by atoms with Crippen LogP contribution in [-0.2, 0) is 11.3 Å². The topological polar surface area (TPSA) is 61.2 Å². The molecule has 0 aromatic heterocycles. The van der Waals surface area contributed by atoms with Gasteiger partial charge in [0.15, 0.2) is 5.78 Å². The highest BCUT2D eigenvalue weighted by atomic mass is 35.5. The Bertz CT molecular complexity index is 900. The lowest BCUT2D eigenvalue weighted by Gasteiger charge is -2.17. The molecule has 0 atom stereocenters. The number of carbonyl (C=O) groups excluding carboxylic acids is 2. The summed E-state index contributed by atoms with van der Waals surface area (Å²) in [5, 5.41) is 9.85. The molecule has 0 unspecified atom stereocenters. The predicted molar refractivity (Wildman–Crippen MR) is 98.0 cm³/mol. The van der Waals surface area contributed by atoms with Crippen molar-refractivity contribution in [3.8, 4) is 6.07 Å². The Morgan fingerprint density at radius 3 is 2.64 bits per heavy atom. The number of rotatable bonds is 4. The van der Waals surface area contributed by atoms with E-state index < -0.39 is 0 Å². The second kappa shape index (κ2) is 7.56. The zero-order valence-electron chi connectivity index (χ0n) is 13.1. The maximum absolute atomic E-state index is 12.5. The van der Waals surface area contributed by atoms with E-state index >= 15 is 0 Å². The third kappa shape index (κ3) is 3.93. The Balaban J connectivity index is 1.82. The Hall–Kier alpha value is -2.55. The van der Waals surface area contributed by atoms with Crippen LogP contribution < -0.4 is 0 Å². The van der Waals surface area contributed by atoms with Crippen LogP contribution in [0.15, 0.2) is 59.6 Å². The minimum Gasteiger partial charge on any atom is -0.301 e. The molecule has 2 aromatic rings. The van der Waals surface area contributed by atoms with E-state index in [4.69, 9.17) is 16.9 Å². The van der Waals surface area contributed by atoms with Gasteiger partial charge in [0, 0.05) is 11.6 Å². The van der Waals surface area contributed by atoms with Crippen molar-refractivity contribution in [1.82, 2.24) is 4.90 Å². The SMILES string of the molecule is N#Cc1ccc(CN2C(=O)CS/C2=C\C(=O)c2ccccc2Cl)cc1. The monoisotopic (exact) mass is 368 g/mol. The van der Waals surface area contributed by atoms with Gasteiger partial charge < -0.3 is 4.90 Å². The van der Waals surface area contributed by atoms with Crippen molar-refractivity contribution in [3.63, 3.8) is 0 Å². The van der Waals surface area contributed by atoms with Gasteiger partial charge in [-0.1, -0.05) is 47.6 Å². The average molecular weight is 369 g/mol. The molecule has 3 rings (SSSR count). The first-order valence-electron chi connectivity index (χ1n) is 7.51. The summed E-state index contributed by atoms with van der Waals surface area (Å²) in [6.45, 7) is 0.360. The number of hydrogen-bond donors (Lipinski definition) is 0. The van der Waals surface area contributed by atoms with E-state index in [1.54, 1.807) is 41.3 Å². The molecule has 1 aliphatic rings. The summed E-state index contributed by atoms with van der Waals surface area (Å²) in [6, 6.07) is 15.9. The van der Waals surface area contributed by atoms with Crippen LogP contribution in [-0.4, -0.2) is 22.3 Å². The molecule has 0 saturated carbocycles. The van der Waals surface area contributed by atoms with Gasteiger partial charge in [-0.2, -0.15) is 5.26 Å². The Morgan fingerprint density at radius 1 is 1.24 bits per heavy atom. The van der Waals surface area contributed by atoms with Gasteiger partial charge in [0.1, 0.15) is 0 Å². The molecule has 2 aromatic carbocycles. The van der Waals surface area contributed by atoms with Gasteiger partial charge in [0.25, 0.3) is 0 Å². The summed E-state index contributed by atoms with van der Waals surface area (Å²) in [7, 11) is 0. The summed E-state index contributed by atoms with van der Waals surface area (Å²) in [4.78, 5) is 26.2. The lowest BCUT2D eigenvalue weighted by Crippen LogP contribution is -2.24. The number of allylic oxidation sites excluding steroid dienone is 1. The summed E-state index contributed by atoms with van der Waals surface area (Å²) < 4.78 is 0. The van der Waals surface area contributed by atoms with Gasteiger partial charge in [0.05, 0.1) is 34.0 Å². The van der Waals surface area contributed by atoms with E-state index in [1.807, 2.05) is 12.1 Å². The second-order valence-corrected chi connectivity index (χ2v) is 6.81. The second-order valence-electron chi connectivity index (χ2n) is 5.40. The third-order valence-electron chi connectivity index (χ3n) is 3.73. The van der Waals surface area contributed by atoms with E-state index in [2.05, 4.69) is 6.07 Å². The average Bonchev–Trinajstić information content (AvgIpc) is 2.96. The molecule has 1 saturated heterocycles. The van der Waals surface area contributed by atoms with Crippen molar-refractivity contribution < 1.29 is 9.59 Å². The molecule has 25 heavy (non-hydrogen) atoms. The van der Waals surface area contributed by atoms with Gasteiger partial charge in [-0.15, -0.1) is 0 Å². The van der Waals surface area contributed by atoms with Gasteiger partial charge in [-0.25, -0.2) is 0 Å². The molecule has 0 aliphatic carbocycles. The number of thioether (sulfide) groups is 1. The molecule has 6 heteroatoms. The highest BCUT2D eigenvalue weighted by molar-refractivity contribution is 8.04. The molecule has 0 spiro atoms. The predicted octanol–water partition coefficient (Wildman–Crippen LogP) is 4.01. The van der Waals surface area contributed by atoms with Crippen molar-refractivity contribution in [2.45, 2.75) is 6.54 Å². The van der Waals surface area contributed by atoms with E-state index in [0.29, 0.717) is 33.5 Å². The standard InChI is InChI=1S/C19H13ClN2O2S/c20-16-4-2-1-3-15(16)17(23)9-19-22(18(24)12-25-19)11-14-7-5-13(10-21)6-8-14/h1-9H,11-12H2/b19-9-. The zero-order chi connectivity index (χ0) is 17.8. The maximum Gasteiger partial charge on any atom is 0.238 e. The maximum atomic E-state index is 12.5. The molecule has 1 fully saturated rings. The molecule has 1 heterocycles. The number of nitriles is 1. The van der Waals surface area contributed by atoms with Gasteiger partial charge >= 0.3 is 0 Å². The largest absolute Gasteiger partial charge is 0.301 e. The Kier molecular flexibility index (Phi) is 5.22. The summed E-state index contributed by atoms with van der Waals surface area (Å²) in [5.74, 6) is 0.0259. The number of amides is 1. The zero-order valence-corrected chi connectivity index (χ0v) is 14.7. The number of benzene rings is 2. The lowest BCUT2D eigenvalue weighted by molar-refractivity contribution is -0.125. The van der Waals surface area contributed by atoms with Crippen LogP contribution in [0.4, 0.5) is 0 Å². The molecular formula is C19H13ClN2O2S. The van der Waals surface area contributed by atoms with E-state index in [1.165, 1.54) is 17.8 Å². The van der Waals surface area contributed by atoms with Crippen molar-refractivity contribution in [1.29, 1.82) is 5.26 Å². The molecule has 124 valence electrons. The Labute approximate surface area is 154 Å². The van der Waals surface area contributed by atoms with Crippen molar-refractivity contribution >= 4 is 35.1 Å². The smallest absolute Gasteiger partial charge is 0.238 e. The minimum atomic E-state index is -0.229. The van der Waals surface area contributed by atoms with Crippen molar-refractivity contribution in [2.24, 2.45) is 0 Å². The van der Waals surface area contributed by atoms with Crippen LogP contribution in [0.3, 0.4) is 0 Å². The first-order valence-corrected chi connectivity index (χ1v) is 8.87. The summed E-state index contributed by atoms with van der Waals surface area (Å²) in [5.41, 5.74) is 1.87. The number of halogens is 1. The van der Waals surface area contributed by atoms with Crippen LogP contribution in [0.25, 0.3) is 0 Å². The van der Waals surface area contributed by atoms with Crippen LogP contribution in [0, 0.1) is 11.3 Å². The first kappa shape index (κ1) is 17.3. The van der Waals surface area contributed by atoms with Crippen LogP contribution in [0.5, 0.6) is 0 Å². The molecular weight excluding hydrogens is 356 g/mol. The normalized spacial score (nSPS) is 15.4. The summed E-state index contributed by atoms with van der Waals surface area (Å²) in [6.07, 6.45) is 1.46. The molecule has 1 aliphatic heterocycles. The third-order valence-corrected chi connectivity index (χ3v) is 5.08. The van der Waals surface area contributed by atoms with Gasteiger partial charge in [0.2, 0.25) is 5.91 Å². The molecule has 1 amide bonds. The van der Waals surface area contributed by atoms with Gasteiger partial charge in [-0.3, -0.25) is 9.59 Å². The molecule has 4 nitrogen and oxygen atoms in total. The fraction of sp³-hybridized carbons (Fsp3) is 0.105. The quantitative estimate of drug-likeness (QED) is 0.604.